The summed E-state index contributed by atoms with van der Waals surface area (Å²) in [5.74, 6) is 0.0289. The van der Waals surface area contributed by atoms with Crippen LogP contribution in [0.3, 0.4) is 0 Å². The number of hydrogen-bond donors (Lipinski definition) is 0. The number of hydrogen-bond acceptors (Lipinski definition) is 6. The molecule has 0 aliphatic carbocycles. The van der Waals surface area contributed by atoms with Crippen LogP contribution in [0.5, 0.6) is 17.2 Å². The van der Waals surface area contributed by atoms with Gasteiger partial charge in [0.2, 0.25) is 0 Å². The topological polar surface area (TPSA) is 65.1 Å². The molecule has 0 spiro atoms. The minimum Gasteiger partial charge on any atom is -0.486 e. The average Bonchev–Trinajstić information content (AvgIpc) is 2.98. The van der Waals surface area contributed by atoms with Crippen LogP contribution in [-0.2, 0) is 10.1 Å². The Hall–Kier alpha value is -1.68. The van der Waals surface area contributed by atoms with Crippen molar-refractivity contribution in [3.05, 3.63) is 18.2 Å². The standard InChI is InChI=1S/C14H16F3NO5S/c15-14(16,17)24(19,20)23-10-3-4-12-13(7-10)22-11(9-21-12)8-18-5-1-2-6-18/h3-4,7,11H,1-2,5-6,8-9H2. The van der Waals surface area contributed by atoms with Crippen LogP contribution in [0.25, 0.3) is 0 Å². The average molecular weight is 367 g/mol. The summed E-state index contributed by atoms with van der Waals surface area (Å²) >= 11 is 0. The van der Waals surface area contributed by atoms with Crippen molar-refractivity contribution in [1.82, 2.24) is 4.90 Å². The lowest BCUT2D eigenvalue weighted by atomic mass is 10.2. The van der Waals surface area contributed by atoms with Gasteiger partial charge in [-0.2, -0.15) is 21.6 Å². The van der Waals surface area contributed by atoms with Gasteiger partial charge in [-0.05, 0) is 38.1 Å². The van der Waals surface area contributed by atoms with E-state index in [0.717, 1.165) is 38.1 Å². The highest BCUT2D eigenvalue weighted by molar-refractivity contribution is 7.88. The molecular formula is C14H16F3NO5S. The third kappa shape index (κ3) is 3.69. The maximum atomic E-state index is 12.4. The number of nitrogens with zero attached hydrogens (tertiary/aromatic N) is 1. The van der Waals surface area contributed by atoms with Gasteiger partial charge in [-0.3, -0.25) is 4.90 Å². The zero-order valence-electron chi connectivity index (χ0n) is 12.6. The van der Waals surface area contributed by atoms with Gasteiger partial charge in [0.05, 0.1) is 0 Å². The van der Waals surface area contributed by atoms with Crippen molar-refractivity contribution in [3.63, 3.8) is 0 Å². The summed E-state index contributed by atoms with van der Waals surface area (Å²) in [5.41, 5.74) is -5.49. The molecule has 0 bridgehead atoms. The third-order valence-corrected chi connectivity index (χ3v) is 4.76. The molecule has 6 nitrogen and oxygen atoms in total. The predicted molar refractivity (Wildman–Crippen MR) is 77.6 cm³/mol. The maximum absolute atomic E-state index is 12.4. The fourth-order valence-corrected chi connectivity index (χ4v) is 3.12. The molecule has 1 saturated heterocycles. The lowest BCUT2D eigenvalue weighted by Gasteiger charge is -2.29. The van der Waals surface area contributed by atoms with Crippen molar-refractivity contribution in [2.45, 2.75) is 24.5 Å². The van der Waals surface area contributed by atoms with Crippen LogP contribution in [0.15, 0.2) is 18.2 Å². The Labute approximate surface area is 137 Å². The molecule has 1 aromatic rings. The van der Waals surface area contributed by atoms with Crippen LogP contribution in [0, 0.1) is 0 Å². The number of ether oxygens (including phenoxy) is 2. The van der Waals surface area contributed by atoms with E-state index in [1.807, 2.05) is 0 Å². The molecule has 3 rings (SSSR count). The van der Waals surface area contributed by atoms with E-state index in [0.29, 0.717) is 18.9 Å². The highest BCUT2D eigenvalue weighted by Crippen LogP contribution is 2.37. The number of halogens is 3. The first-order valence-electron chi connectivity index (χ1n) is 7.41. The molecule has 134 valence electrons. The number of likely N-dealkylation sites (tertiary alicyclic amines) is 1. The van der Waals surface area contributed by atoms with Crippen molar-refractivity contribution in [2.24, 2.45) is 0 Å². The lowest BCUT2D eigenvalue weighted by molar-refractivity contribution is -0.0500. The Kier molecular flexibility index (Phi) is 4.52. The molecule has 0 aromatic heterocycles. The highest BCUT2D eigenvalue weighted by atomic mass is 32.2. The molecule has 10 heteroatoms. The molecule has 1 atom stereocenters. The van der Waals surface area contributed by atoms with Crippen molar-refractivity contribution in [2.75, 3.05) is 26.2 Å². The molecular weight excluding hydrogens is 351 g/mol. The Balaban J connectivity index is 1.71. The minimum absolute atomic E-state index is 0.167. The van der Waals surface area contributed by atoms with E-state index in [-0.39, 0.29) is 11.9 Å². The summed E-state index contributed by atoms with van der Waals surface area (Å²) in [5, 5.41) is 0. The second kappa shape index (κ2) is 6.32. The molecule has 0 amide bonds. The predicted octanol–water partition coefficient (Wildman–Crippen LogP) is 2.15. The quantitative estimate of drug-likeness (QED) is 0.600. The van der Waals surface area contributed by atoms with Gasteiger partial charge in [0, 0.05) is 12.6 Å². The molecule has 1 aromatic carbocycles. The molecule has 2 aliphatic heterocycles. The Bertz CT molecular complexity index is 701. The summed E-state index contributed by atoms with van der Waals surface area (Å²) in [6.07, 6.45) is 1.97. The monoisotopic (exact) mass is 367 g/mol. The van der Waals surface area contributed by atoms with E-state index in [1.54, 1.807) is 0 Å². The number of benzene rings is 1. The van der Waals surface area contributed by atoms with Gasteiger partial charge in [-0.1, -0.05) is 0 Å². The molecule has 1 fully saturated rings. The summed E-state index contributed by atoms with van der Waals surface area (Å²) in [4.78, 5) is 2.22. The summed E-state index contributed by atoms with van der Waals surface area (Å²) in [7, 11) is -5.71. The van der Waals surface area contributed by atoms with Gasteiger partial charge < -0.3 is 13.7 Å². The summed E-state index contributed by atoms with van der Waals surface area (Å²) in [6, 6.07) is 3.50. The Morgan fingerprint density at radius 2 is 1.92 bits per heavy atom. The first-order valence-corrected chi connectivity index (χ1v) is 8.82. The lowest BCUT2D eigenvalue weighted by Crippen LogP contribution is -2.39. The normalized spacial score (nSPS) is 21.7. The van der Waals surface area contributed by atoms with Crippen LogP contribution in [0.2, 0.25) is 0 Å². The van der Waals surface area contributed by atoms with Crippen LogP contribution in [0.4, 0.5) is 13.2 Å². The number of alkyl halides is 3. The molecule has 1 unspecified atom stereocenters. The van der Waals surface area contributed by atoms with Crippen LogP contribution in [-0.4, -0.2) is 51.2 Å². The maximum Gasteiger partial charge on any atom is 0.534 e. The molecule has 0 radical (unpaired) electrons. The second-order valence-electron chi connectivity index (χ2n) is 5.65. The van der Waals surface area contributed by atoms with Crippen LogP contribution >= 0.6 is 0 Å². The molecule has 2 heterocycles. The van der Waals surface area contributed by atoms with E-state index in [2.05, 4.69) is 9.08 Å². The van der Waals surface area contributed by atoms with Crippen LogP contribution in [0.1, 0.15) is 12.8 Å². The summed E-state index contributed by atoms with van der Waals surface area (Å²) in [6.45, 7) is 2.91. The van der Waals surface area contributed by atoms with Crippen molar-refractivity contribution >= 4 is 10.1 Å². The fourth-order valence-electron chi connectivity index (χ4n) is 2.66. The fraction of sp³-hybridized carbons (Fsp3) is 0.571. The zero-order chi connectivity index (χ0) is 17.4. The van der Waals surface area contributed by atoms with E-state index in [9.17, 15) is 21.6 Å². The van der Waals surface area contributed by atoms with E-state index < -0.39 is 21.4 Å². The van der Waals surface area contributed by atoms with Crippen molar-refractivity contribution < 1.29 is 35.2 Å². The zero-order valence-corrected chi connectivity index (χ0v) is 13.4. The van der Waals surface area contributed by atoms with Gasteiger partial charge in [-0.25, -0.2) is 0 Å². The van der Waals surface area contributed by atoms with Crippen molar-refractivity contribution in [1.29, 1.82) is 0 Å². The van der Waals surface area contributed by atoms with E-state index >= 15 is 0 Å². The number of rotatable bonds is 4. The van der Waals surface area contributed by atoms with Gasteiger partial charge in [-0.15, -0.1) is 0 Å². The van der Waals surface area contributed by atoms with Gasteiger partial charge in [0.25, 0.3) is 0 Å². The first-order chi connectivity index (χ1) is 11.2. The Morgan fingerprint density at radius 1 is 1.21 bits per heavy atom. The van der Waals surface area contributed by atoms with Gasteiger partial charge in [0.1, 0.15) is 18.5 Å². The minimum atomic E-state index is -5.71. The molecule has 0 saturated carbocycles. The second-order valence-corrected chi connectivity index (χ2v) is 7.19. The third-order valence-electron chi connectivity index (χ3n) is 3.78. The largest absolute Gasteiger partial charge is 0.534 e. The molecule has 2 aliphatic rings. The Morgan fingerprint density at radius 3 is 2.58 bits per heavy atom. The SMILES string of the molecule is O=S(=O)(Oc1ccc2c(c1)OC(CN1CCCC1)CO2)C(F)(F)F. The number of fused-ring (bicyclic) bond motifs is 1. The van der Waals surface area contributed by atoms with Crippen LogP contribution < -0.4 is 13.7 Å². The first kappa shape index (κ1) is 17.2. The van der Waals surface area contributed by atoms with Crippen molar-refractivity contribution in [3.8, 4) is 17.2 Å². The van der Waals surface area contributed by atoms with Gasteiger partial charge in [0.15, 0.2) is 11.5 Å². The van der Waals surface area contributed by atoms with Gasteiger partial charge >= 0.3 is 15.6 Å². The summed E-state index contributed by atoms with van der Waals surface area (Å²) < 4.78 is 74.6. The van der Waals surface area contributed by atoms with E-state index in [4.69, 9.17) is 9.47 Å². The molecule has 24 heavy (non-hydrogen) atoms. The van der Waals surface area contributed by atoms with E-state index in [1.165, 1.54) is 6.07 Å². The molecule has 0 N–H and O–H groups in total. The highest BCUT2D eigenvalue weighted by Gasteiger charge is 2.48. The smallest absolute Gasteiger partial charge is 0.486 e.